The topological polar surface area (TPSA) is 96.3 Å². The van der Waals surface area contributed by atoms with Crippen LogP contribution in [-0.4, -0.2) is 59.8 Å². The molecule has 2 aromatic carbocycles. The maximum absolute atomic E-state index is 12.9. The Hall–Kier alpha value is -2.87. The van der Waals surface area contributed by atoms with Crippen molar-refractivity contribution in [2.45, 2.75) is 13.0 Å². The van der Waals surface area contributed by atoms with Gasteiger partial charge in [0, 0.05) is 17.1 Å². The molecule has 1 atom stereocenters. The minimum atomic E-state index is -0.863. The number of ketones is 1. The molecule has 0 spiro atoms. The van der Waals surface area contributed by atoms with Crippen molar-refractivity contribution >= 4 is 29.1 Å². The van der Waals surface area contributed by atoms with E-state index in [1.807, 2.05) is 6.92 Å². The lowest BCUT2D eigenvalue weighted by Crippen LogP contribution is -2.33. The lowest BCUT2D eigenvalue weighted by Gasteiger charge is -2.26. The molecular formula is C23H24ClNO6. The largest absolute Gasteiger partial charge is 0.507 e. The first-order valence-corrected chi connectivity index (χ1v) is 10.3. The van der Waals surface area contributed by atoms with Crippen molar-refractivity contribution in [1.82, 2.24) is 4.90 Å². The van der Waals surface area contributed by atoms with E-state index in [0.29, 0.717) is 28.5 Å². The van der Waals surface area contributed by atoms with E-state index in [1.165, 1.54) is 4.90 Å². The summed E-state index contributed by atoms with van der Waals surface area (Å²) < 4.78 is 10.7. The summed E-state index contributed by atoms with van der Waals surface area (Å²) in [4.78, 5) is 27.1. The average Bonchev–Trinajstić information content (AvgIpc) is 3.02. The number of aliphatic hydroxyl groups excluding tert-OH is 2. The molecule has 3 rings (SSSR count). The number of carbonyl (C=O) groups is 2. The van der Waals surface area contributed by atoms with E-state index in [4.69, 9.17) is 26.2 Å². The van der Waals surface area contributed by atoms with Gasteiger partial charge in [-0.15, -0.1) is 0 Å². The van der Waals surface area contributed by atoms with Crippen LogP contribution >= 0.6 is 11.6 Å². The average molecular weight is 446 g/mol. The Morgan fingerprint density at radius 3 is 2.45 bits per heavy atom. The van der Waals surface area contributed by atoms with Gasteiger partial charge < -0.3 is 24.6 Å². The summed E-state index contributed by atoms with van der Waals surface area (Å²) >= 11 is 6.39. The number of Topliss-reactive ketones (excluding diaryl/α,β-unsaturated/α-hetero) is 1. The highest BCUT2D eigenvalue weighted by atomic mass is 35.5. The van der Waals surface area contributed by atoms with Crippen LogP contribution in [0, 0.1) is 0 Å². The summed E-state index contributed by atoms with van der Waals surface area (Å²) in [6.45, 7) is 2.56. The fourth-order valence-electron chi connectivity index (χ4n) is 3.49. The Kier molecular flexibility index (Phi) is 7.68. The molecule has 0 aliphatic carbocycles. The van der Waals surface area contributed by atoms with E-state index in [0.717, 1.165) is 0 Å². The van der Waals surface area contributed by atoms with Gasteiger partial charge >= 0.3 is 0 Å². The first-order valence-electron chi connectivity index (χ1n) is 9.94. The number of carbonyl (C=O) groups excluding carboxylic acids is 2. The van der Waals surface area contributed by atoms with Gasteiger partial charge in [-0.3, -0.25) is 9.59 Å². The number of aliphatic hydroxyl groups is 2. The van der Waals surface area contributed by atoms with E-state index in [9.17, 15) is 14.7 Å². The zero-order valence-corrected chi connectivity index (χ0v) is 17.8. The van der Waals surface area contributed by atoms with Crippen LogP contribution in [0.4, 0.5) is 0 Å². The number of likely N-dealkylation sites (tertiary alicyclic amines) is 1. The van der Waals surface area contributed by atoms with Gasteiger partial charge in [0.15, 0.2) is 0 Å². The summed E-state index contributed by atoms with van der Waals surface area (Å²) in [5.74, 6) is -1.20. The van der Waals surface area contributed by atoms with Crippen molar-refractivity contribution in [2.75, 3.05) is 33.0 Å². The molecule has 2 N–H and O–H groups in total. The molecular weight excluding hydrogens is 422 g/mol. The highest BCUT2D eigenvalue weighted by Crippen LogP contribution is 2.41. The van der Waals surface area contributed by atoms with Crippen molar-refractivity contribution in [3.63, 3.8) is 0 Å². The smallest absolute Gasteiger partial charge is 0.295 e. The predicted molar refractivity (Wildman–Crippen MR) is 116 cm³/mol. The summed E-state index contributed by atoms with van der Waals surface area (Å²) in [6.07, 6.45) is 0. The van der Waals surface area contributed by atoms with Gasteiger partial charge in [-0.25, -0.2) is 0 Å². The summed E-state index contributed by atoms with van der Waals surface area (Å²) in [5.41, 5.74) is 0.873. The second kappa shape index (κ2) is 10.4. The summed E-state index contributed by atoms with van der Waals surface area (Å²) in [5, 5.41) is 20.3. The molecule has 0 bridgehead atoms. The normalized spacial score (nSPS) is 17.9. The van der Waals surface area contributed by atoms with E-state index >= 15 is 0 Å². The molecule has 164 valence electrons. The number of hydrogen-bond acceptors (Lipinski definition) is 6. The monoisotopic (exact) mass is 445 g/mol. The van der Waals surface area contributed by atoms with Crippen LogP contribution in [0.2, 0.25) is 5.02 Å². The first-order chi connectivity index (χ1) is 15.0. The highest BCUT2D eigenvalue weighted by Gasteiger charge is 2.46. The highest BCUT2D eigenvalue weighted by molar-refractivity contribution is 6.47. The van der Waals surface area contributed by atoms with Gasteiger partial charge in [-0.1, -0.05) is 29.8 Å². The molecule has 0 unspecified atom stereocenters. The van der Waals surface area contributed by atoms with E-state index in [-0.39, 0.29) is 37.7 Å². The van der Waals surface area contributed by atoms with Crippen molar-refractivity contribution in [1.29, 1.82) is 0 Å². The van der Waals surface area contributed by atoms with Crippen LogP contribution in [0.25, 0.3) is 5.76 Å². The molecule has 7 nitrogen and oxygen atoms in total. The molecule has 1 aliphatic rings. The molecule has 0 radical (unpaired) electrons. The third-order valence-electron chi connectivity index (χ3n) is 4.89. The maximum Gasteiger partial charge on any atom is 0.295 e. The van der Waals surface area contributed by atoms with Gasteiger partial charge in [0.05, 0.1) is 38.0 Å². The number of halogens is 1. The minimum Gasteiger partial charge on any atom is -0.507 e. The third kappa shape index (κ3) is 4.90. The standard InChI is InChI=1S/C23H24ClNO6/c1-2-31-16-9-7-15(8-10-16)21(27)19-20(17-5-3-4-6-18(17)24)25(23(29)22(19)28)11-13-30-14-12-26/h3-10,20,26-27H,2,11-14H2,1H3/t20-/m1/s1. The lowest BCUT2D eigenvalue weighted by molar-refractivity contribution is -0.140. The van der Waals surface area contributed by atoms with Gasteiger partial charge in [-0.2, -0.15) is 0 Å². The maximum atomic E-state index is 12.9. The Morgan fingerprint density at radius 2 is 1.81 bits per heavy atom. The fourth-order valence-corrected chi connectivity index (χ4v) is 3.73. The third-order valence-corrected chi connectivity index (χ3v) is 5.23. The van der Waals surface area contributed by atoms with Crippen LogP contribution in [0.5, 0.6) is 5.75 Å². The molecule has 1 amide bonds. The van der Waals surface area contributed by atoms with Gasteiger partial charge in [0.25, 0.3) is 11.7 Å². The molecule has 2 aromatic rings. The molecule has 1 aliphatic heterocycles. The van der Waals surface area contributed by atoms with Gasteiger partial charge in [0.1, 0.15) is 11.5 Å². The van der Waals surface area contributed by atoms with Crippen molar-refractivity contribution in [3.05, 3.63) is 70.3 Å². The van der Waals surface area contributed by atoms with Crippen molar-refractivity contribution in [2.24, 2.45) is 0 Å². The molecule has 1 heterocycles. The Bertz CT molecular complexity index is 972. The molecule has 0 aromatic heterocycles. The SMILES string of the molecule is CCOc1ccc(C(O)=C2C(=O)C(=O)N(CCOCCO)[C@@H]2c2ccccc2Cl)cc1. The molecule has 31 heavy (non-hydrogen) atoms. The van der Waals surface area contributed by atoms with Crippen LogP contribution in [-0.2, 0) is 14.3 Å². The summed E-state index contributed by atoms with van der Waals surface area (Å²) in [6, 6.07) is 12.6. The predicted octanol–water partition coefficient (Wildman–Crippen LogP) is 3.17. The minimum absolute atomic E-state index is 0.0376. The molecule has 1 saturated heterocycles. The van der Waals surface area contributed by atoms with Crippen LogP contribution in [0.15, 0.2) is 54.1 Å². The number of ether oxygens (including phenoxy) is 2. The number of benzene rings is 2. The van der Waals surface area contributed by atoms with Gasteiger partial charge in [0.2, 0.25) is 0 Å². The first kappa shape index (κ1) is 22.8. The van der Waals surface area contributed by atoms with E-state index in [1.54, 1.807) is 48.5 Å². The van der Waals surface area contributed by atoms with Crippen molar-refractivity contribution < 1.29 is 29.3 Å². The Balaban J connectivity index is 2.05. The lowest BCUT2D eigenvalue weighted by atomic mass is 9.95. The van der Waals surface area contributed by atoms with E-state index in [2.05, 4.69) is 0 Å². The Morgan fingerprint density at radius 1 is 1.10 bits per heavy atom. The van der Waals surface area contributed by atoms with Gasteiger partial charge in [-0.05, 0) is 42.8 Å². The molecule has 0 saturated carbocycles. The zero-order chi connectivity index (χ0) is 22.4. The number of amides is 1. The fraction of sp³-hybridized carbons (Fsp3) is 0.304. The Labute approximate surface area is 185 Å². The molecule has 8 heteroatoms. The zero-order valence-electron chi connectivity index (χ0n) is 17.1. The number of nitrogens with zero attached hydrogens (tertiary/aromatic N) is 1. The second-order valence-electron chi connectivity index (χ2n) is 6.81. The van der Waals surface area contributed by atoms with Crippen molar-refractivity contribution in [3.8, 4) is 5.75 Å². The quantitative estimate of drug-likeness (QED) is 0.266. The summed E-state index contributed by atoms with van der Waals surface area (Å²) in [7, 11) is 0. The van der Waals surface area contributed by atoms with Crippen LogP contribution in [0.3, 0.4) is 0 Å². The number of hydrogen-bond donors (Lipinski definition) is 2. The number of rotatable bonds is 9. The van der Waals surface area contributed by atoms with E-state index < -0.39 is 17.7 Å². The van der Waals surface area contributed by atoms with Crippen LogP contribution in [0.1, 0.15) is 24.1 Å². The van der Waals surface area contributed by atoms with Crippen LogP contribution < -0.4 is 4.74 Å². The second-order valence-corrected chi connectivity index (χ2v) is 7.21. The molecule has 1 fully saturated rings.